The average Bonchev–Trinajstić information content (AvgIpc) is 2.12. The molecule has 3 nitrogen and oxygen atoms in total. The van der Waals surface area contributed by atoms with Gasteiger partial charge in [0.2, 0.25) is 0 Å². The van der Waals surface area contributed by atoms with E-state index in [1.165, 1.54) is 0 Å². The van der Waals surface area contributed by atoms with Crippen molar-refractivity contribution in [1.82, 2.24) is 0 Å². The first-order valence-corrected chi connectivity index (χ1v) is 4.87. The molecule has 0 aromatic rings. The van der Waals surface area contributed by atoms with Crippen molar-refractivity contribution in [3.63, 3.8) is 0 Å². The van der Waals surface area contributed by atoms with Gasteiger partial charge in [0.25, 0.3) is 0 Å². The van der Waals surface area contributed by atoms with Crippen molar-refractivity contribution >= 4 is 0 Å². The summed E-state index contributed by atoms with van der Waals surface area (Å²) < 4.78 is 0. The van der Waals surface area contributed by atoms with Crippen LogP contribution in [0.2, 0.25) is 0 Å². The molecule has 0 saturated carbocycles. The maximum Gasteiger partial charge on any atom is 0.0905 e. The van der Waals surface area contributed by atoms with Gasteiger partial charge in [-0.2, -0.15) is 0 Å². The zero-order valence-electron chi connectivity index (χ0n) is 8.24. The summed E-state index contributed by atoms with van der Waals surface area (Å²) in [6.07, 6.45) is 5.03. The van der Waals surface area contributed by atoms with E-state index < -0.39 is 0 Å². The Morgan fingerprint density at radius 1 is 1.46 bits per heavy atom. The van der Waals surface area contributed by atoms with Crippen LogP contribution in [0.5, 0.6) is 0 Å². The molecule has 0 rings (SSSR count). The minimum atomic E-state index is -0.214. The van der Waals surface area contributed by atoms with Crippen LogP contribution in [0.15, 0.2) is 11.8 Å². The second kappa shape index (κ2) is 8.08. The lowest BCUT2D eigenvalue weighted by Crippen LogP contribution is -2.03. The highest BCUT2D eigenvalue weighted by Gasteiger charge is 1.98. The highest BCUT2D eigenvalue weighted by molar-refractivity contribution is 4.90. The highest BCUT2D eigenvalue weighted by atomic mass is 16.3. The summed E-state index contributed by atoms with van der Waals surface area (Å²) in [5.74, 6) is 0.244. The van der Waals surface area contributed by atoms with Crippen LogP contribution in [0, 0.1) is 0 Å². The van der Waals surface area contributed by atoms with Gasteiger partial charge in [-0.25, -0.2) is 0 Å². The van der Waals surface area contributed by atoms with Crippen LogP contribution >= 0.6 is 0 Å². The number of rotatable bonds is 7. The third-order valence-electron chi connectivity index (χ3n) is 1.96. The third kappa shape index (κ3) is 7.81. The Hall–Kier alpha value is -0.540. The largest absolute Gasteiger partial charge is 0.513 e. The van der Waals surface area contributed by atoms with E-state index in [1.54, 1.807) is 6.08 Å². The predicted octanol–water partition coefficient (Wildman–Crippen LogP) is 1.75. The van der Waals surface area contributed by atoms with E-state index in [9.17, 15) is 5.11 Å². The van der Waals surface area contributed by atoms with Crippen molar-refractivity contribution in [1.29, 1.82) is 0 Å². The molecular formula is C10H20O3. The summed E-state index contributed by atoms with van der Waals surface area (Å²) >= 11 is 0. The monoisotopic (exact) mass is 188 g/mol. The third-order valence-corrected chi connectivity index (χ3v) is 1.96. The van der Waals surface area contributed by atoms with Gasteiger partial charge in [0, 0.05) is 6.42 Å². The topological polar surface area (TPSA) is 60.7 Å². The van der Waals surface area contributed by atoms with Crippen LogP contribution in [-0.2, 0) is 0 Å². The minimum absolute atomic E-state index is 0.0140. The lowest BCUT2D eigenvalue weighted by Gasteiger charge is -2.05. The van der Waals surface area contributed by atoms with Gasteiger partial charge in [-0.1, -0.05) is 6.92 Å². The first-order valence-electron chi connectivity index (χ1n) is 4.87. The van der Waals surface area contributed by atoms with Crippen LogP contribution in [-0.4, -0.2) is 28.0 Å². The van der Waals surface area contributed by atoms with Crippen molar-refractivity contribution in [2.75, 3.05) is 6.61 Å². The molecule has 0 aliphatic heterocycles. The molecule has 3 N–H and O–H groups in total. The first kappa shape index (κ1) is 12.5. The second-order valence-electron chi connectivity index (χ2n) is 3.16. The van der Waals surface area contributed by atoms with E-state index in [-0.39, 0.29) is 18.5 Å². The molecule has 78 valence electrons. The summed E-state index contributed by atoms with van der Waals surface area (Å²) in [7, 11) is 0. The van der Waals surface area contributed by atoms with Gasteiger partial charge in [0.15, 0.2) is 0 Å². The number of aliphatic hydroxyl groups excluding tert-OH is 3. The molecule has 0 heterocycles. The Morgan fingerprint density at radius 2 is 2.15 bits per heavy atom. The zero-order valence-corrected chi connectivity index (χ0v) is 8.24. The van der Waals surface area contributed by atoms with Crippen LogP contribution in [0.25, 0.3) is 0 Å². The number of hydrogen-bond acceptors (Lipinski definition) is 3. The van der Waals surface area contributed by atoms with E-state index in [2.05, 4.69) is 0 Å². The minimum Gasteiger partial charge on any atom is -0.513 e. The van der Waals surface area contributed by atoms with Crippen molar-refractivity contribution in [2.24, 2.45) is 0 Å². The quantitative estimate of drug-likeness (QED) is 0.421. The maximum absolute atomic E-state index is 9.20. The van der Waals surface area contributed by atoms with Gasteiger partial charge in [0.1, 0.15) is 0 Å². The molecule has 0 aliphatic rings. The van der Waals surface area contributed by atoms with Crippen molar-refractivity contribution < 1.29 is 15.3 Å². The van der Waals surface area contributed by atoms with E-state index in [0.717, 1.165) is 25.7 Å². The van der Waals surface area contributed by atoms with E-state index >= 15 is 0 Å². The molecule has 0 aromatic carbocycles. The summed E-state index contributed by atoms with van der Waals surface area (Å²) in [5, 5.41) is 26.8. The van der Waals surface area contributed by atoms with Gasteiger partial charge in [-0.3, -0.25) is 0 Å². The molecule has 0 radical (unpaired) electrons. The van der Waals surface area contributed by atoms with E-state index in [4.69, 9.17) is 10.2 Å². The molecule has 3 heteroatoms. The van der Waals surface area contributed by atoms with Gasteiger partial charge >= 0.3 is 0 Å². The fourth-order valence-corrected chi connectivity index (χ4v) is 1.04. The van der Waals surface area contributed by atoms with Gasteiger partial charge < -0.3 is 15.3 Å². The Labute approximate surface area is 79.7 Å². The predicted molar refractivity (Wildman–Crippen MR) is 52.6 cm³/mol. The lowest BCUT2D eigenvalue weighted by molar-refractivity contribution is 0.158. The number of hydrogen-bond donors (Lipinski definition) is 3. The molecule has 0 amide bonds. The second-order valence-corrected chi connectivity index (χ2v) is 3.16. The molecule has 13 heavy (non-hydrogen) atoms. The summed E-state index contributed by atoms with van der Waals surface area (Å²) in [4.78, 5) is 0. The fraction of sp³-hybridized carbons (Fsp3) is 0.800. The zero-order chi connectivity index (χ0) is 10.1. The molecule has 1 atom stereocenters. The van der Waals surface area contributed by atoms with Gasteiger partial charge in [-0.05, 0) is 31.8 Å². The Balaban J connectivity index is 3.38. The van der Waals surface area contributed by atoms with Crippen molar-refractivity contribution in [3.05, 3.63) is 11.8 Å². The molecule has 0 saturated heterocycles. The maximum atomic E-state index is 9.20. The van der Waals surface area contributed by atoms with Crippen LogP contribution in [0.3, 0.4) is 0 Å². The summed E-state index contributed by atoms with van der Waals surface area (Å²) in [5.41, 5.74) is 0. The SMILES string of the molecule is CCC(O)CCC/C=C(/O)CCO. The molecule has 0 aliphatic carbocycles. The standard InChI is InChI=1S/C10H20O3/c1-2-9(12)5-3-4-6-10(13)7-8-11/h6,9,11-13H,2-5,7-8H2,1H3/b10-6+. The lowest BCUT2D eigenvalue weighted by atomic mass is 10.1. The van der Waals surface area contributed by atoms with E-state index in [1.807, 2.05) is 6.92 Å². The number of aliphatic hydroxyl groups is 3. The highest BCUT2D eigenvalue weighted by Crippen LogP contribution is 2.06. The first-order chi connectivity index (χ1) is 6.20. The van der Waals surface area contributed by atoms with Gasteiger partial charge in [-0.15, -0.1) is 0 Å². The normalized spacial score (nSPS) is 14.5. The molecule has 0 fully saturated rings. The van der Waals surface area contributed by atoms with Crippen molar-refractivity contribution in [3.8, 4) is 0 Å². The molecule has 0 spiro atoms. The van der Waals surface area contributed by atoms with Crippen molar-refractivity contribution in [2.45, 2.75) is 45.1 Å². The Bertz CT molecular complexity index is 143. The summed E-state index contributed by atoms with van der Waals surface area (Å²) in [6, 6.07) is 0. The molecule has 0 bridgehead atoms. The van der Waals surface area contributed by atoms with Crippen LogP contribution in [0.4, 0.5) is 0 Å². The molecule has 0 aromatic heterocycles. The smallest absolute Gasteiger partial charge is 0.0905 e. The Kier molecular flexibility index (Phi) is 7.74. The molecular weight excluding hydrogens is 168 g/mol. The van der Waals surface area contributed by atoms with Crippen LogP contribution < -0.4 is 0 Å². The Morgan fingerprint density at radius 3 is 2.69 bits per heavy atom. The molecule has 1 unspecified atom stereocenters. The number of unbranched alkanes of at least 4 members (excludes halogenated alkanes) is 1. The van der Waals surface area contributed by atoms with E-state index in [0.29, 0.717) is 6.42 Å². The van der Waals surface area contributed by atoms with Gasteiger partial charge in [0.05, 0.1) is 18.5 Å². The number of allylic oxidation sites excluding steroid dienone is 1. The summed E-state index contributed by atoms with van der Waals surface area (Å²) in [6.45, 7) is 1.93. The van der Waals surface area contributed by atoms with Crippen LogP contribution in [0.1, 0.15) is 39.0 Å². The fourth-order valence-electron chi connectivity index (χ4n) is 1.04. The average molecular weight is 188 g/mol.